The van der Waals surface area contributed by atoms with Crippen molar-refractivity contribution in [1.29, 1.82) is 0 Å². The van der Waals surface area contributed by atoms with Gasteiger partial charge in [0.2, 0.25) is 11.7 Å². The van der Waals surface area contributed by atoms with Gasteiger partial charge in [0.15, 0.2) is 0 Å². The molecule has 1 saturated heterocycles. The Morgan fingerprint density at radius 3 is 2.89 bits per heavy atom. The van der Waals surface area contributed by atoms with Crippen molar-refractivity contribution in [2.45, 2.75) is 25.8 Å². The average molecular weight is 370 g/mol. The quantitative estimate of drug-likeness (QED) is 0.526. The van der Waals surface area contributed by atoms with Gasteiger partial charge in [-0.3, -0.25) is 9.88 Å². The van der Waals surface area contributed by atoms with Crippen LogP contribution >= 0.6 is 0 Å². The van der Waals surface area contributed by atoms with Gasteiger partial charge in [-0.15, -0.1) is 0 Å². The summed E-state index contributed by atoms with van der Waals surface area (Å²) in [5.74, 6) is 1.72. The van der Waals surface area contributed by atoms with Crippen LogP contribution in [0.5, 0.6) is 0 Å². The van der Waals surface area contributed by atoms with Gasteiger partial charge < -0.3 is 4.52 Å². The molecular weight excluding hydrogens is 348 g/mol. The minimum Gasteiger partial charge on any atom is -0.339 e. The predicted octanol–water partition coefficient (Wildman–Crippen LogP) is 4.58. The molecule has 5 nitrogen and oxygen atoms in total. The van der Waals surface area contributed by atoms with Crippen LogP contribution in [-0.4, -0.2) is 33.1 Å². The highest BCUT2D eigenvalue weighted by Gasteiger charge is 2.29. The number of hydrogen-bond acceptors (Lipinski definition) is 5. The molecule has 140 valence electrons. The highest BCUT2D eigenvalue weighted by molar-refractivity contribution is 5.81. The summed E-state index contributed by atoms with van der Waals surface area (Å²) in [6, 6.07) is 18.6. The second kappa shape index (κ2) is 7.17. The molecule has 4 aromatic rings. The summed E-state index contributed by atoms with van der Waals surface area (Å²) in [4.78, 5) is 11.7. The molecule has 0 spiro atoms. The lowest BCUT2D eigenvalue weighted by atomic mass is 10.1. The van der Waals surface area contributed by atoms with Gasteiger partial charge in [-0.25, -0.2) is 0 Å². The van der Waals surface area contributed by atoms with Gasteiger partial charge in [0, 0.05) is 30.2 Å². The average Bonchev–Trinajstić information content (AvgIpc) is 3.38. The largest absolute Gasteiger partial charge is 0.339 e. The molecule has 1 fully saturated rings. The zero-order valence-electron chi connectivity index (χ0n) is 15.9. The van der Waals surface area contributed by atoms with Gasteiger partial charge in [-0.1, -0.05) is 53.7 Å². The van der Waals surface area contributed by atoms with Crippen molar-refractivity contribution in [2.24, 2.45) is 0 Å². The predicted molar refractivity (Wildman–Crippen MR) is 109 cm³/mol. The number of hydrogen-bond donors (Lipinski definition) is 0. The van der Waals surface area contributed by atoms with Crippen molar-refractivity contribution < 1.29 is 4.52 Å². The summed E-state index contributed by atoms with van der Waals surface area (Å²) in [7, 11) is 0. The van der Waals surface area contributed by atoms with Crippen LogP contribution in [0.15, 0.2) is 65.3 Å². The maximum Gasteiger partial charge on any atom is 0.231 e. The fourth-order valence-electron chi connectivity index (χ4n) is 4.05. The van der Waals surface area contributed by atoms with Crippen molar-refractivity contribution in [3.05, 3.63) is 77.8 Å². The summed E-state index contributed by atoms with van der Waals surface area (Å²) in [5.41, 5.74) is 4.55. The van der Waals surface area contributed by atoms with E-state index in [1.807, 2.05) is 30.5 Å². The van der Waals surface area contributed by atoms with E-state index in [0.717, 1.165) is 48.6 Å². The van der Waals surface area contributed by atoms with Gasteiger partial charge in [0.25, 0.3) is 0 Å². The number of aromatic nitrogens is 3. The number of aryl methyl sites for hydroxylation is 1. The third-order valence-electron chi connectivity index (χ3n) is 5.56. The first-order valence-electron chi connectivity index (χ1n) is 9.72. The molecule has 0 radical (unpaired) electrons. The van der Waals surface area contributed by atoms with Gasteiger partial charge in [-0.2, -0.15) is 4.98 Å². The molecule has 0 N–H and O–H groups in total. The van der Waals surface area contributed by atoms with Crippen LogP contribution in [-0.2, 0) is 6.54 Å². The third kappa shape index (κ3) is 3.18. The minimum atomic E-state index is 0.285. The molecular formula is C23H22N4O. The zero-order chi connectivity index (χ0) is 18.9. The van der Waals surface area contributed by atoms with Crippen molar-refractivity contribution in [1.82, 2.24) is 20.0 Å². The number of para-hydroxylation sites is 1. The lowest BCUT2D eigenvalue weighted by molar-refractivity contribution is 0.310. The Kier molecular flexibility index (Phi) is 4.37. The molecule has 0 saturated carbocycles. The van der Waals surface area contributed by atoms with Gasteiger partial charge in [0.1, 0.15) is 0 Å². The maximum atomic E-state index is 5.63. The van der Waals surface area contributed by atoms with E-state index in [9.17, 15) is 0 Å². The van der Waals surface area contributed by atoms with Crippen LogP contribution in [0.1, 0.15) is 29.4 Å². The first-order chi connectivity index (χ1) is 13.8. The Morgan fingerprint density at radius 2 is 1.96 bits per heavy atom. The number of fused-ring (bicyclic) bond motifs is 1. The van der Waals surface area contributed by atoms with Crippen molar-refractivity contribution in [3.8, 4) is 11.4 Å². The van der Waals surface area contributed by atoms with Crippen LogP contribution in [0.2, 0.25) is 0 Å². The molecule has 1 atom stereocenters. The smallest absolute Gasteiger partial charge is 0.231 e. The van der Waals surface area contributed by atoms with Gasteiger partial charge in [0.05, 0.1) is 11.4 Å². The monoisotopic (exact) mass is 370 g/mol. The van der Waals surface area contributed by atoms with Crippen molar-refractivity contribution in [2.75, 3.05) is 13.1 Å². The minimum absolute atomic E-state index is 0.285. The van der Waals surface area contributed by atoms with Crippen LogP contribution in [0.25, 0.3) is 22.3 Å². The normalized spacial score (nSPS) is 17.4. The van der Waals surface area contributed by atoms with E-state index in [-0.39, 0.29) is 5.92 Å². The van der Waals surface area contributed by atoms with E-state index < -0.39 is 0 Å². The molecule has 2 aromatic carbocycles. The first-order valence-corrected chi connectivity index (χ1v) is 9.72. The fraction of sp³-hybridized carbons (Fsp3) is 0.261. The summed E-state index contributed by atoms with van der Waals surface area (Å²) in [5, 5.41) is 5.42. The first kappa shape index (κ1) is 17.1. The van der Waals surface area contributed by atoms with Crippen LogP contribution in [0.3, 0.4) is 0 Å². The molecule has 1 aliphatic rings. The van der Waals surface area contributed by atoms with Crippen molar-refractivity contribution in [3.63, 3.8) is 0 Å². The SMILES string of the molecule is Cc1ccccc1-c1noc(C2CCN(Cc3cccc4cccnc34)C2)n1. The highest BCUT2D eigenvalue weighted by atomic mass is 16.5. The molecule has 2 aromatic heterocycles. The number of nitrogens with zero attached hydrogens (tertiary/aromatic N) is 4. The lowest BCUT2D eigenvalue weighted by Gasteiger charge is -2.16. The second-order valence-electron chi connectivity index (χ2n) is 7.48. The second-order valence-corrected chi connectivity index (χ2v) is 7.48. The number of benzene rings is 2. The Hall–Kier alpha value is -3.05. The van der Waals surface area contributed by atoms with Crippen LogP contribution in [0, 0.1) is 6.92 Å². The van der Waals surface area contributed by atoms with E-state index in [0.29, 0.717) is 5.82 Å². The number of likely N-dealkylation sites (tertiary alicyclic amines) is 1. The van der Waals surface area contributed by atoms with E-state index in [2.05, 4.69) is 52.3 Å². The third-order valence-corrected chi connectivity index (χ3v) is 5.56. The molecule has 0 amide bonds. The molecule has 28 heavy (non-hydrogen) atoms. The molecule has 3 heterocycles. The Balaban J connectivity index is 1.32. The lowest BCUT2D eigenvalue weighted by Crippen LogP contribution is -2.20. The topological polar surface area (TPSA) is 55.1 Å². The summed E-state index contributed by atoms with van der Waals surface area (Å²) in [6.07, 6.45) is 2.90. The maximum absolute atomic E-state index is 5.63. The Morgan fingerprint density at radius 1 is 1.07 bits per heavy atom. The molecule has 0 bridgehead atoms. The van der Waals surface area contributed by atoms with Crippen molar-refractivity contribution >= 4 is 10.9 Å². The summed E-state index contributed by atoms with van der Waals surface area (Å²) < 4.78 is 5.63. The van der Waals surface area contributed by atoms with E-state index in [1.165, 1.54) is 10.9 Å². The van der Waals surface area contributed by atoms with E-state index >= 15 is 0 Å². The molecule has 5 rings (SSSR count). The summed E-state index contributed by atoms with van der Waals surface area (Å²) in [6.45, 7) is 4.92. The zero-order valence-corrected chi connectivity index (χ0v) is 15.9. The molecule has 1 aliphatic heterocycles. The molecule has 1 unspecified atom stereocenters. The van der Waals surface area contributed by atoms with E-state index in [4.69, 9.17) is 9.51 Å². The Bertz CT molecular complexity index is 1120. The van der Waals surface area contributed by atoms with E-state index in [1.54, 1.807) is 0 Å². The number of pyridine rings is 1. The molecule has 5 heteroatoms. The molecule has 0 aliphatic carbocycles. The highest BCUT2D eigenvalue weighted by Crippen LogP contribution is 2.30. The fourth-order valence-corrected chi connectivity index (χ4v) is 4.05. The van der Waals surface area contributed by atoms with Gasteiger partial charge >= 0.3 is 0 Å². The summed E-state index contributed by atoms with van der Waals surface area (Å²) >= 11 is 0. The van der Waals surface area contributed by atoms with Crippen LogP contribution < -0.4 is 0 Å². The van der Waals surface area contributed by atoms with Crippen LogP contribution in [0.4, 0.5) is 0 Å². The van der Waals surface area contributed by atoms with Gasteiger partial charge in [-0.05, 0) is 37.1 Å². The number of rotatable bonds is 4. The Labute approximate surface area is 164 Å². The standard InChI is InChI=1S/C23H22N4O/c1-16-6-2-3-10-20(16)22-25-23(28-26-22)19-11-13-27(15-19)14-18-8-4-7-17-9-5-12-24-21(17)18/h2-10,12,19H,11,13-15H2,1H3.